The Morgan fingerprint density at radius 2 is 2.13 bits per heavy atom. The third-order valence-corrected chi connectivity index (χ3v) is 6.86. The predicted octanol–water partition coefficient (Wildman–Crippen LogP) is 3.95. The monoisotopic (exact) mass is 408 g/mol. The number of fused-ring (bicyclic) bond motifs is 1. The van der Waals surface area contributed by atoms with Crippen LogP contribution in [0.5, 0.6) is 5.75 Å². The Kier molecular flexibility index (Phi) is 5.27. The van der Waals surface area contributed by atoms with E-state index in [0.29, 0.717) is 18.6 Å². The van der Waals surface area contributed by atoms with Gasteiger partial charge in [-0.15, -0.1) is 0 Å². The van der Waals surface area contributed by atoms with Crippen LogP contribution >= 0.6 is 0 Å². The van der Waals surface area contributed by atoms with Crippen molar-refractivity contribution in [2.75, 3.05) is 24.6 Å². The fourth-order valence-corrected chi connectivity index (χ4v) is 4.98. The highest BCUT2D eigenvalue weighted by Gasteiger charge is 2.31. The molecule has 1 N–H and O–H groups in total. The lowest BCUT2D eigenvalue weighted by Gasteiger charge is -2.36. The molecule has 5 rings (SSSR count). The van der Waals surface area contributed by atoms with Crippen molar-refractivity contribution in [1.29, 1.82) is 0 Å². The van der Waals surface area contributed by atoms with Crippen LogP contribution in [0.25, 0.3) is 11.1 Å². The standard InChI is InChI=1S/C24H32N4O2/c1-16-3-6-22-23(28(16)17(2)29)8-7-21(19-14-26-27(15-19)20-4-5-20)24(22)30-12-10-18-9-11-25-13-18/h7-8,14-16,18,20,25H,3-6,9-13H2,1-2H3/t16-,18-/m0/s1. The summed E-state index contributed by atoms with van der Waals surface area (Å²) in [6.45, 7) is 6.70. The molecule has 30 heavy (non-hydrogen) atoms. The van der Waals surface area contributed by atoms with Gasteiger partial charge >= 0.3 is 0 Å². The molecule has 0 radical (unpaired) electrons. The minimum Gasteiger partial charge on any atom is -0.493 e. The van der Waals surface area contributed by atoms with Gasteiger partial charge in [0.2, 0.25) is 5.91 Å². The molecule has 2 fully saturated rings. The molecule has 1 aliphatic carbocycles. The highest BCUT2D eigenvalue weighted by atomic mass is 16.5. The number of nitrogens with zero attached hydrogens (tertiary/aromatic N) is 3. The van der Waals surface area contributed by atoms with Crippen molar-refractivity contribution in [2.45, 2.75) is 64.5 Å². The smallest absolute Gasteiger partial charge is 0.224 e. The van der Waals surface area contributed by atoms with Crippen molar-refractivity contribution in [2.24, 2.45) is 5.92 Å². The van der Waals surface area contributed by atoms with Crippen LogP contribution in [0.2, 0.25) is 0 Å². The van der Waals surface area contributed by atoms with Crippen LogP contribution in [0.4, 0.5) is 5.69 Å². The molecular weight excluding hydrogens is 376 g/mol. The molecule has 6 nitrogen and oxygen atoms in total. The number of carbonyl (C=O) groups is 1. The van der Waals surface area contributed by atoms with Gasteiger partial charge in [-0.05, 0) is 76.6 Å². The maximum Gasteiger partial charge on any atom is 0.224 e. The lowest BCUT2D eigenvalue weighted by atomic mass is 9.92. The molecule has 3 aliphatic rings. The summed E-state index contributed by atoms with van der Waals surface area (Å²) in [5.74, 6) is 1.74. The van der Waals surface area contributed by atoms with Crippen molar-refractivity contribution < 1.29 is 9.53 Å². The molecule has 0 spiro atoms. The number of benzene rings is 1. The van der Waals surface area contributed by atoms with Crippen molar-refractivity contribution in [3.8, 4) is 16.9 Å². The van der Waals surface area contributed by atoms with E-state index in [1.54, 1.807) is 6.92 Å². The Morgan fingerprint density at radius 3 is 2.87 bits per heavy atom. The third kappa shape index (κ3) is 3.73. The topological polar surface area (TPSA) is 59.4 Å². The molecule has 2 aromatic rings. The summed E-state index contributed by atoms with van der Waals surface area (Å²) >= 11 is 0. The van der Waals surface area contributed by atoms with Crippen LogP contribution in [-0.4, -0.2) is 41.4 Å². The van der Waals surface area contributed by atoms with Gasteiger partial charge in [-0.2, -0.15) is 5.10 Å². The largest absolute Gasteiger partial charge is 0.493 e. The number of aromatic nitrogens is 2. The fourth-order valence-electron chi connectivity index (χ4n) is 4.98. The highest BCUT2D eigenvalue weighted by Crippen LogP contribution is 2.44. The van der Waals surface area contributed by atoms with E-state index in [-0.39, 0.29) is 11.9 Å². The van der Waals surface area contributed by atoms with E-state index in [0.717, 1.165) is 54.9 Å². The number of carbonyl (C=O) groups excluding carboxylic acids is 1. The van der Waals surface area contributed by atoms with Gasteiger partial charge in [0.25, 0.3) is 0 Å². The summed E-state index contributed by atoms with van der Waals surface area (Å²) in [6, 6.07) is 5.00. The van der Waals surface area contributed by atoms with Gasteiger partial charge in [0.15, 0.2) is 0 Å². The average Bonchev–Trinajstić information content (AvgIpc) is 3.23. The van der Waals surface area contributed by atoms with Crippen LogP contribution in [0, 0.1) is 5.92 Å². The number of rotatable bonds is 6. The molecule has 1 amide bonds. The van der Waals surface area contributed by atoms with Crippen molar-refractivity contribution >= 4 is 11.6 Å². The first-order chi connectivity index (χ1) is 14.6. The molecule has 6 heteroatoms. The summed E-state index contributed by atoms with van der Waals surface area (Å²) in [5, 5.41) is 8.03. The van der Waals surface area contributed by atoms with Gasteiger partial charge in [0, 0.05) is 35.9 Å². The molecule has 1 aromatic carbocycles. The first kappa shape index (κ1) is 19.6. The zero-order chi connectivity index (χ0) is 20.7. The molecule has 1 saturated heterocycles. The number of anilines is 1. The lowest BCUT2D eigenvalue weighted by molar-refractivity contribution is -0.117. The van der Waals surface area contributed by atoms with Crippen molar-refractivity contribution in [3.63, 3.8) is 0 Å². The Hall–Kier alpha value is -2.34. The Bertz CT molecular complexity index is 927. The van der Waals surface area contributed by atoms with Crippen LogP contribution < -0.4 is 15.0 Å². The van der Waals surface area contributed by atoms with Gasteiger partial charge in [-0.3, -0.25) is 9.48 Å². The van der Waals surface area contributed by atoms with E-state index in [1.165, 1.54) is 24.8 Å². The summed E-state index contributed by atoms with van der Waals surface area (Å²) < 4.78 is 8.59. The van der Waals surface area contributed by atoms with Gasteiger partial charge in [0.05, 0.1) is 24.5 Å². The number of hydrogen-bond acceptors (Lipinski definition) is 4. The van der Waals surface area contributed by atoms with E-state index in [1.807, 2.05) is 11.1 Å². The van der Waals surface area contributed by atoms with Crippen LogP contribution in [-0.2, 0) is 11.2 Å². The van der Waals surface area contributed by atoms with Crippen LogP contribution in [0.3, 0.4) is 0 Å². The Morgan fingerprint density at radius 1 is 1.27 bits per heavy atom. The molecule has 2 aliphatic heterocycles. The average molecular weight is 409 g/mol. The predicted molar refractivity (Wildman–Crippen MR) is 118 cm³/mol. The molecule has 1 saturated carbocycles. The molecule has 1 aromatic heterocycles. The van der Waals surface area contributed by atoms with Crippen LogP contribution in [0.15, 0.2) is 24.5 Å². The highest BCUT2D eigenvalue weighted by molar-refractivity contribution is 5.95. The van der Waals surface area contributed by atoms with Gasteiger partial charge < -0.3 is 15.0 Å². The van der Waals surface area contributed by atoms with E-state index in [4.69, 9.17) is 4.74 Å². The molecular formula is C24H32N4O2. The minimum absolute atomic E-state index is 0.0979. The Labute approximate surface area is 178 Å². The Balaban J connectivity index is 1.49. The molecule has 0 bridgehead atoms. The number of nitrogens with one attached hydrogen (secondary N) is 1. The third-order valence-electron chi connectivity index (χ3n) is 6.86. The normalized spacial score (nSPS) is 23.5. The summed E-state index contributed by atoms with van der Waals surface area (Å²) in [5.41, 5.74) is 4.39. The summed E-state index contributed by atoms with van der Waals surface area (Å²) in [7, 11) is 0. The number of hydrogen-bond donors (Lipinski definition) is 1. The molecule has 160 valence electrons. The van der Waals surface area contributed by atoms with Gasteiger partial charge in [0.1, 0.15) is 5.75 Å². The second kappa shape index (κ2) is 8.06. The van der Waals surface area contributed by atoms with Gasteiger partial charge in [-0.25, -0.2) is 0 Å². The quantitative estimate of drug-likeness (QED) is 0.786. The van der Waals surface area contributed by atoms with E-state index in [2.05, 4.69) is 40.4 Å². The second-order valence-corrected chi connectivity index (χ2v) is 9.15. The maximum absolute atomic E-state index is 12.4. The van der Waals surface area contributed by atoms with E-state index < -0.39 is 0 Å². The summed E-state index contributed by atoms with van der Waals surface area (Å²) in [6.07, 6.45) is 10.7. The molecule has 2 atom stereocenters. The summed E-state index contributed by atoms with van der Waals surface area (Å²) in [4.78, 5) is 14.3. The number of amides is 1. The van der Waals surface area contributed by atoms with E-state index in [9.17, 15) is 4.79 Å². The lowest BCUT2D eigenvalue weighted by Crippen LogP contribution is -2.40. The zero-order valence-electron chi connectivity index (χ0n) is 18.1. The van der Waals surface area contributed by atoms with Gasteiger partial charge in [-0.1, -0.05) is 0 Å². The van der Waals surface area contributed by atoms with Crippen molar-refractivity contribution in [3.05, 3.63) is 30.1 Å². The second-order valence-electron chi connectivity index (χ2n) is 9.15. The SMILES string of the molecule is CC(=O)N1c2ccc(-c3cnn(C4CC4)c3)c(OCC[C@@H]3CCNC3)c2CC[C@@H]1C. The number of ether oxygens (including phenoxy) is 1. The minimum atomic E-state index is 0.0979. The fraction of sp³-hybridized carbons (Fsp3) is 0.583. The van der Waals surface area contributed by atoms with E-state index >= 15 is 0 Å². The first-order valence-corrected chi connectivity index (χ1v) is 11.5. The molecule has 3 heterocycles. The maximum atomic E-state index is 12.4. The van der Waals surface area contributed by atoms with Crippen LogP contribution in [0.1, 0.15) is 57.6 Å². The van der Waals surface area contributed by atoms with Crippen molar-refractivity contribution in [1.82, 2.24) is 15.1 Å². The molecule has 0 unspecified atom stereocenters. The first-order valence-electron chi connectivity index (χ1n) is 11.5. The zero-order valence-corrected chi connectivity index (χ0v) is 18.1.